The molecule has 1 aromatic rings. The lowest BCUT2D eigenvalue weighted by atomic mass is 10.2. The number of halogens is 1. The van der Waals surface area contributed by atoms with Crippen LogP contribution in [0.4, 0.5) is 5.69 Å². The molecule has 4 nitrogen and oxygen atoms in total. The van der Waals surface area contributed by atoms with Crippen molar-refractivity contribution in [2.75, 3.05) is 17.1 Å². The van der Waals surface area contributed by atoms with Gasteiger partial charge in [-0.1, -0.05) is 23.4 Å². The number of aliphatic hydroxyl groups is 1. The van der Waals surface area contributed by atoms with Crippen molar-refractivity contribution < 1.29 is 13.5 Å². The maximum absolute atomic E-state index is 12.0. The molecule has 2 rings (SSSR count). The quantitative estimate of drug-likeness (QED) is 0.819. The van der Waals surface area contributed by atoms with E-state index in [2.05, 4.69) is 16.6 Å². The fourth-order valence-electron chi connectivity index (χ4n) is 1.73. The molecule has 6 heteroatoms. The normalized spacial score (nSPS) is 14.5. The fourth-order valence-corrected chi connectivity index (χ4v) is 3.45. The molecule has 0 atom stereocenters. The largest absolute Gasteiger partial charge is 0.395 e. The molecule has 20 heavy (non-hydrogen) atoms. The van der Waals surface area contributed by atoms with Gasteiger partial charge in [-0.05, 0) is 37.0 Å². The minimum atomic E-state index is -3.35. The zero-order valence-corrected chi connectivity index (χ0v) is 12.5. The van der Waals surface area contributed by atoms with E-state index in [0.29, 0.717) is 22.7 Å². The molecule has 0 aromatic heterocycles. The van der Waals surface area contributed by atoms with Gasteiger partial charge in [0.15, 0.2) is 0 Å². The lowest BCUT2D eigenvalue weighted by molar-refractivity contribution is 0.305. The molecule has 0 unspecified atom stereocenters. The Labute approximate surface area is 124 Å². The van der Waals surface area contributed by atoms with Crippen molar-refractivity contribution >= 4 is 27.3 Å². The number of sulfonamides is 1. The lowest BCUT2D eigenvalue weighted by Gasteiger charge is -2.09. The van der Waals surface area contributed by atoms with Crippen LogP contribution in [0.1, 0.15) is 24.8 Å². The molecule has 1 aliphatic rings. The highest BCUT2D eigenvalue weighted by molar-refractivity contribution is 7.92. The molecule has 0 heterocycles. The number of hydrogen-bond donors (Lipinski definition) is 2. The van der Waals surface area contributed by atoms with Gasteiger partial charge in [-0.3, -0.25) is 4.72 Å². The Hall–Kier alpha value is -1.22. The number of anilines is 1. The molecular weight excluding hydrogens is 298 g/mol. The van der Waals surface area contributed by atoms with E-state index in [1.165, 1.54) is 0 Å². The van der Waals surface area contributed by atoms with Gasteiger partial charge in [-0.15, -0.1) is 0 Å². The van der Waals surface area contributed by atoms with E-state index in [1.54, 1.807) is 18.2 Å². The predicted octanol–water partition coefficient (Wildman–Crippen LogP) is 2.23. The molecule has 1 fully saturated rings. The average molecular weight is 314 g/mol. The van der Waals surface area contributed by atoms with E-state index in [9.17, 15) is 8.42 Å². The van der Waals surface area contributed by atoms with E-state index in [1.807, 2.05) is 0 Å². The molecular formula is C14H16ClNO3S. The summed E-state index contributed by atoms with van der Waals surface area (Å²) < 4.78 is 26.5. The van der Waals surface area contributed by atoms with E-state index >= 15 is 0 Å². The van der Waals surface area contributed by atoms with Crippen LogP contribution in [0.15, 0.2) is 18.2 Å². The Morgan fingerprint density at radius 1 is 1.40 bits per heavy atom. The van der Waals surface area contributed by atoms with Crippen molar-refractivity contribution in [3.05, 3.63) is 28.8 Å². The molecule has 0 amide bonds. The molecule has 2 N–H and O–H groups in total. The van der Waals surface area contributed by atoms with Gasteiger partial charge < -0.3 is 5.11 Å². The maximum Gasteiger partial charge on any atom is 0.233 e. The summed E-state index contributed by atoms with van der Waals surface area (Å²) in [6.45, 7) is -0.0314. The Balaban J connectivity index is 2.20. The van der Waals surface area contributed by atoms with Gasteiger partial charge in [0.2, 0.25) is 10.0 Å². The topological polar surface area (TPSA) is 66.4 Å². The van der Waals surface area contributed by atoms with Crippen molar-refractivity contribution in [3.63, 3.8) is 0 Å². The maximum atomic E-state index is 12.0. The van der Waals surface area contributed by atoms with Gasteiger partial charge in [-0.2, -0.15) is 0 Å². The summed E-state index contributed by atoms with van der Waals surface area (Å²) in [5, 5.41) is 9.21. The molecule has 1 aromatic carbocycles. The third kappa shape index (κ3) is 4.71. The van der Waals surface area contributed by atoms with Crippen molar-refractivity contribution in [2.24, 2.45) is 5.92 Å². The Bertz CT molecular complexity index is 642. The molecule has 0 radical (unpaired) electrons. The summed E-state index contributed by atoms with van der Waals surface area (Å²) in [7, 11) is -3.35. The zero-order valence-electron chi connectivity index (χ0n) is 10.9. The average Bonchev–Trinajstić information content (AvgIpc) is 3.16. The summed E-state index contributed by atoms with van der Waals surface area (Å²) in [5.74, 6) is 6.02. The highest BCUT2D eigenvalue weighted by atomic mass is 35.5. The van der Waals surface area contributed by atoms with E-state index in [0.717, 1.165) is 12.8 Å². The van der Waals surface area contributed by atoms with Crippen LogP contribution in [0, 0.1) is 17.8 Å². The lowest BCUT2D eigenvalue weighted by Crippen LogP contribution is -2.18. The number of rotatable bonds is 5. The molecule has 0 saturated heterocycles. The molecule has 0 bridgehead atoms. The van der Waals surface area contributed by atoms with Crippen molar-refractivity contribution in [1.82, 2.24) is 0 Å². The van der Waals surface area contributed by atoms with Crippen LogP contribution in [0.2, 0.25) is 5.02 Å². The monoisotopic (exact) mass is 313 g/mol. The summed E-state index contributed by atoms with van der Waals surface area (Å²) in [4.78, 5) is 0. The van der Waals surface area contributed by atoms with Gasteiger partial charge in [0.1, 0.15) is 0 Å². The van der Waals surface area contributed by atoms with Gasteiger partial charge in [0.05, 0.1) is 23.6 Å². The number of nitrogens with one attached hydrogen (secondary N) is 1. The minimum Gasteiger partial charge on any atom is -0.395 e. The summed E-state index contributed by atoms with van der Waals surface area (Å²) in [6.07, 6.45) is 2.29. The van der Waals surface area contributed by atoms with Crippen molar-refractivity contribution in [1.29, 1.82) is 0 Å². The summed E-state index contributed by atoms with van der Waals surface area (Å²) in [6, 6.07) is 4.84. The summed E-state index contributed by atoms with van der Waals surface area (Å²) in [5.41, 5.74) is 0.950. The van der Waals surface area contributed by atoms with Crippen LogP contribution in [0.25, 0.3) is 0 Å². The van der Waals surface area contributed by atoms with E-state index in [-0.39, 0.29) is 18.3 Å². The molecule has 0 spiro atoms. The molecule has 108 valence electrons. The number of hydrogen-bond acceptors (Lipinski definition) is 3. The second-order valence-corrected chi connectivity index (χ2v) is 7.00. The first-order valence-corrected chi connectivity index (χ1v) is 8.43. The predicted molar refractivity (Wildman–Crippen MR) is 80.2 cm³/mol. The van der Waals surface area contributed by atoms with Crippen molar-refractivity contribution in [2.45, 2.75) is 19.3 Å². The molecule has 0 aliphatic heterocycles. The first-order valence-electron chi connectivity index (χ1n) is 6.40. The third-order valence-corrected chi connectivity index (χ3v) is 4.54. The first-order chi connectivity index (χ1) is 9.50. The SMILES string of the molecule is O=S(=O)(CC1CC1)Nc1ccc(Cl)cc1C#CCCO. The highest BCUT2D eigenvalue weighted by Crippen LogP contribution is 2.31. The smallest absolute Gasteiger partial charge is 0.233 e. The van der Waals surface area contributed by atoms with E-state index in [4.69, 9.17) is 16.7 Å². The van der Waals surface area contributed by atoms with Gasteiger partial charge in [0.25, 0.3) is 0 Å². The second-order valence-electron chi connectivity index (χ2n) is 4.79. The minimum absolute atomic E-state index is 0.0314. The standard InChI is InChI=1S/C14H16ClNO3S/c15-13-6-7-14(12(9-13)3-1-2-8-17)16-20(18,19)10-11-4-5-11/h6-7,9,11,16-17H,2,4-5,8,10H2. The molecule has 1 aliphatic carbocycles. The van der Waals surface area contributed by atoms with Crippen LogP contribution < -0.4 is 4.72 Å². The van der Waals surface area contributed by atoms with Crippen molar-refractivity contribution in [3.8, 4) is 11.8 Å². The van der Waals surface area contributed by atoms with E-state index < -0.39 is 10.0 Å². The zero-order chi connectivity index (χ0) is 14.6. The third-order valence-electron chi connectivity index (χ3n) is 2.86. The van der Waals surface area contributed by atoms with Crippen LogP contribution >= 0.6 is 11.6 Å². The van der Waals surface area contributed by atoms with Gasteiger partial charge >= 0.3 is 0 Å². The molecule has 1 saturated carbocycles. The van der Waals surface area contributed by atoms with Crippen LogP contribution in [-0.2, 0) is 10.0 Å². The van der Waals surface area contributed by atoms with Crippen LogP contribution in [0.5, 0.6) is 0 Å². The van der Waals surface area contributed by atoms with Crippen LogP contribution in [0.3, 0.4) is 0 Å². The Kier molecular flexibility index (Phi) is 4.92. The van der Waals surface area contributed by atoms with Gasteiger partial charge in [-0.25, -0.2) is 8.42 Å². The number of aliphatic hydroxyl groups excluding tert-OH is 1. The Morgan fingerprint density at radius 3 is 2.80 bits per heavy atom. The first kappa shape index (κ1) is 15.2. The number of benzene rings is 1. The Morgan fingerprint density at radius 2 is 2.15 bits per heavy atom. The van der Waals surface area contributed by atoms with Crippen LogP contribution in [-0.4, -0.2) is 25.9 Å². The fraction of sp³-hybridized carbons (Fsp3) is 0.429. The van der Waals surface area contributed by atoms with Gasteiger partial charge in [0, 0.05) is 11.4 Å². The summed E-state index contributed by atoms with van der Waals surface area (Å²) >= 11 is 5.90. The highest BCUT2D eigenvalue weighted by Gasteiger charge is 2.28. The second kappa shape index (κ2) is 6.49.